The molecule has 0 aliphatic rings. The van der Waals surface area contributed by atoms with Crippen molar-refractivity contribution in [3.8, 4) is 11.4 Å². The molecule has 1 aromatic heterocycles. The normalized spacial score (nSPS) is 10.1. The smallest absolute Gasteiger partial charge is 0.162 e. The van der Waals surface area contributed by atoms with Crippen molar-refractivity contribution >= 4 is 5.69 Å². The van der Waals surface area contributed by atoms with Crippen LogP contribution in [-0.4, -0.2) is 15.0 Å². The Morgan fingerprint density at radius 2 is 1.86 bits per heavy atom. The maximum Gasteiger partial charge on any atom is 0.162 e. The monoisotopic (exact) mass is 186 g/mol. The molecule has 0 fully saturated rings. The van der Waals surface area contributed by atoms with Crippen LogP contribution in [0.25, 0.3) is 11.4 Å². The van der Waals surface area contributed by atoms with Crippen molar-refractivity contribution in [2.45, 2.75) is 6.92 Å². The van der Waals surface area contributed by atoms with Crippen molar-refractivity contribution in [2.24, 2.45) is 0 Å². The van der Waals surface area contributed by atoms with E-state index in [1.807, 2.05) is 25.1 Å². The number of nitrogens with two attached hydrogens (primary N) is 1. The standard InChI is InChI=1S/C10H10N4/c1-7-2-3-8(4-9(7)11)10-13-5-12-6-14-10/h2-6H,11H2,1H3. The van der Waals surface area contributed by atoms with E-state index in [-0.39, 0.29) is 0 Å². The fourth-order valence-corrected chi connectivity index (χ4v) is 1.17. The third-order valence-corrected chi connectivity index (χ3v) is 2.03. The molecule has 1 heterocycles. The Kier molecular flexibility index (Phi) is 2.10. The lowest BCUT2D eigenvalue weighted by Gasteiger charge is -2.02. The van der Waals surface area contributed by atoms with E-state index in [0.717, 1.165) is 16.8 Å². The number of rotatable bonds is 1. The van der Waals surface area contributed by atoms with E-state index in [9.17, 15) is 0 Å². The van der Waals surface area contributed by atoms with Gasteiger partial charge in [-0.3, -0.25) is 0 Å². The zero-order chi connectivity index (χ0) is 9.97. The molecule has 2 aromatic rings. The Labute approximate surface area is 81.9 Å². The van der Waals surface area contributed by atoms with Gasteiger partial charge in [0.2, 0.25) is 0 Å². The molecule has 2 rings (SSSR count). The summed E-state index contributed by atoms with van der Waals surface area (Å²) in [6.07, 6.45) is 2.94. The lowest BCUT2D eigenvalue weighted by molar-refractivity contribution is 1.06. The summed E-state index contributed by atoms with van der Waals surface area (Å²) in [6.45, 7) is 1.96. The lowest BCUT2D eigenvalue weighted by Crippen LogP contribution is -1.93. The zero-order valence-electron chi connectivity index (χ0n) is 7.81. The van der Waals surface area contributed by atoms with Crippen molar-refractivity contribution in [3.05, 3.63) is 36.4 Å². The number of nitrogens with zero attached hydrogens (tertiary/aromatic N) is 3. The molecule has 0 spiro atoms. The van der Waals surface area contributed by atoms with E-state index in [1.54, 1.807) is 0 Å². The van der Waals surface area contributed by atoms with E-state index in [2.05, 4.69) is 15.0 Å². The molecule has 70 valence electrons. The van der Waals surface area contributed by atoms with Crippen LogP contribution in [0.5, 0.6) is 0 Å². The Morgan fingerprint density at radius 3 is 2.50 bits per heavy atom. The van der Waals surface area contributed by atoms with Crippen LogP contribution < -0.4 is 5.73 Å². The van der Waals surface area contributed by atoms with Crippen molar-refractivity contribution in [1.82, 2.24) is 15.0 Å². The Balaban J connectivity index is 2.48. The zero-order valence-corrected chi connectivity index (χ0v) is 7.81. The molecule has 0 saturated heterocycles. The molecule has 0 saturated carbocycles. The van der Waals surface area contributed by atoms with Gasteiger partial charge in [0, 0.05) is 11.3 Å². The third-order valence-electron chi connectivity index (χ3n) is 2.03. The molecule has 14 heavy (non-hydrogen) atoms. The first-order chi connectivity index (χ1) is 6.77. The first-order valence-electron chi connectivity index (χ1n) is 4.26. The van der Waals surface area contributed by atoms with E-state index in [4.69, 9.17) is 5.73 Å². The molecule has 0 aliphatic carbocycles. The number of hydrogen-bond acceptors (Lipinski definition) is 4. The third kappa shape index (κ3) is 1.54. The summed E-state index contributed by atoms with van der Waals surface area (Å²) in [5, 5.41) is 0. The minimum atomic E-state index is 0.645. The van der Waals surface area contributed by atoms with Gasteiger partial charge < -0.3 is 5.73 Å². The van der Waals surface area contributed by atoms with Gasteiger partial charge in [-0.1, -0.05) is 12.1 Å². The Hall–Kier alpha value is -1.97. The summed E-state index contributed by atoms with van der Waals surface area (Å²) in [5.74, 6) is 0.645. The summed E-state index contributed by atoms with van der Waals surface area (Å²) in [5.41, 5.74) is 8.51. The minimum absolute atomic E-state index is 0.645. The molecule has 0 bridgehead atoms. The molecule has 0 radical (unpaired) electrons. The van der Waals surface area contributed by atoms with Gasteiger partial charge in [0.25, 0.3) is 0 Å². The van der Waals surface area contributed by atoms with Gasteiger partial charge in [0.1, 0.15) is 12.7 Å². The molecule has 0 aliphatic heterocycles. The van der Waals surface area contributed by atoms with Crippen molar-refractivity contribution in [3.63, 3.8) is 0 Å². The van der Waals surface area contributed by atoms with Gasteiger partial charge in [-0.15, -0.1) is 0 Å². The number of anilines is 1. The second-order valence-electron chi connectivity index (χ2n) is 3.03. The summed E-state index contributed by atoms with van der Waals surface area (Å²) in [6, 6.07) is 5.76. The largest absolute Gasteiger partial charge is 0.398 e. The van der Waals surface area contributed by atoms with Gasteiger partial charge in [-0.25, -0.2) is 15.0 Å². The second kappa shape index (κ2) is 3.41. The Morgan fingerprint density at radius 1 is 1.14 bits per heavy atom. The minimum Gasteiger partial charge on any atom is -0.398 e. The average Bonchev–Trinajstić information content (AvgIpc) is 2.23. The highest BCUT2D eigenvalue weighted by Crippen LogP contribution is 2.19. The van der Waals surface area contributed by atoms with Crippen LogP contribution >= 0.6 is 0 Å². The highest BCUT2D eigenvalue weighted by atomic mass is 15.0. The number of nitrogen functional groups attached to an aromatic ring is 1. The topological polar surface area (TPSA) is 64.7 Å². The molecule has 4 heteroatoms. The molecule has 4 nitrogen and oxygen atoms in total. The second-order valence-corrected chi connectivity index (χ2v) is 3.03. The highest BCUT2D eigenvalue weighted by Gasteiger charge is 2.01. The summed E-state index contributed by atoms with van der Waals surface area (Å²) in [4.78, 5) is 11.8. The van der Waals surface area contributed by atoms with Crippen molar-refractivity contribution in [1.29, 1.82) is 0 Å². The Bertz CT molecular complexity index is 439. The molecule has 2 N–H and O–H groups in total. The van der Waals surface area contributed by atoms with Gasteiger partial charge >= 0.3 is 0 Å². The highest BCUT2D eigenvalue weighted by molar-refractivity contribution is 5.63. The average molecular weight is 186 g/mol. The molecule has 0 atom stereocenters. The van der Waals surface area contributed by atoms with Gasteiger partial charge in [-0.2, -0.15) is 0 Å². The van der Waals surface area contributed by atoms with E-state index in [1.165, 1.54) is 12.7 Å². The van der Waals surface area contributed by atoms with Crippen LogP contribution in [0.1, 0.15) is 5.56 Å². The first kappa shape index (κ1) is 8.62. The molecular weight excluding hydrogens is 176 g/mol. The van der Waals surface area contributed by atoms with Crippen molar-refractivity contribution < 1.29 is 0 Å². The fourth-order valence-electron chi connectivity index (χ4n) is 1.17. The van der Waals surface area contributed by atoms with Gasteiger partial charge in [0.05, 0.1) is 0 Å². The fraction of sp³-hybridized carbons (Fsp3) is 0.100. The number of hydrogen-bond donors (Lipinski definition) is 1. The molecule has 0 unspecified atom stereocenters. The first-order valence-corrected chi connectivity index (χ1v) is 4.26. The van der Waals surface area contributed by atoms with Gasteiger partial charge in [0.15, 0.2) is 5.82 Å². The predicted octanol–water partition coefficient (Wildman–Crippen LogP) is 1.43. The number of benzene rings is 1. The van der Waals surface area contributed by atoms with Crippen LogP contribution in [0, 0.1) is 6.92 Å². The van der Waals surface area contributed by atoms with E-state index >= 15 is 0 Å². The summed E-state index contributed by atoms with van der Waals surface area (Å²) in [7, 11) is 0. The number of aryl methyl sites for hydroxylation is 1. The molecule has 1 aromatic carbocycles. The quantitative estimate of drug-likeness (QED) is 0.684. The SMILES string of the molecule is Cc1ccc(-c2ncncn2)cc1N. The molecule has 0 amide bonds. The maximum atomic E-state index is 5.79. The van der Waals surface area contributed by atoms with Crippen molar-refractivity contribution in [2.75, 3.05) is 5.73 Å². The number of aromatic nitrogens is 3. The van der Waals surface area contributed by atoms with Crippen LogP contribution in [0.15, 0.2) is 30.9 Å². The predicted molar refractivity (Wildman–Crippen MR) is 54.4 cm³/mol. The summed E-state index contributed by atoms with van der Waals surface area (Å²) >= 11 is 0. The maximum absolute atomic E-state index is 5.79. The molecular formula is C10H10N4. The van der Waals surface area contributed by atoms with Crippen LogP contribution in [0.2, 0.25) is 0 Å². The lowest BCUT2D eigenvalue weighted by atomic mass is 10.1. The van der Waals surface area contributed by atoms with E-state index in [0.29, 0.717) is 5.82 Å². The van der Waals surface area contributed by atoms with E-state index < -0.39 is 0 Å². The van der Waals surface area contributed by atoms with Gasteiger partial charge in [-0.05, 0) is 18.6 Å². The van der Waals surface area contributed by atoms with Crippen LogP contribution in [-0.2, 0) is 0 Å². The van der Waals surface area contributed by atoms with Crippen LogP contribution in [0.4, 0.5) is 5.69 Å². The summed E-state index contributed by atoms with van der Waals surface area (Å²) < 4.78 is 0. The van der Waals surface area contributed by atoms with Crippen LogP contribution in [0.3, 0.4) is 0 Å².